The predicted octanol–water partition coefficient (Wildman–Crippen LogP) is 1.02. The minimum atomic E-state index is 0. The zero-order chi connectivity index (χ0) is 10.9. The van der Waals surface area contributed by atoms with E-state index in [1.54, 1.807) is 18.4 Å². The molecule has 0 aromatic carbocycles. The Hall–Kier alpha value is -0.620. The van der Waals surface area contributed by atoms with E-state index in [4.69, 9.17) is 4.74 Å². The van der Waals surface area contributed by atoms with Crippen LogP contribution in [0.5, 0.6) is 0 Å². The molecule has 4 nitrogen and oxygen atoms in total. The van der Waals surface area contributed by atoms with Crippen molar-refractivity contribution in [3.8, 4) is 0 Å². The molecule has 1 amide bonds. The van der Waals surface area contributed by atoms with Crippen molar-refractivity contribution in [2.24, 2.45) is 0 Å². The van der Waals surface area contributed by atoms with Gasteiger partial charge in [0.15, 0.2) is 0 Å². The van der Waals surface area contributed by atoms with E-state index < -0.39 is 0 Å². The van der Waals surface area contributed by atoms with E-state index in [9.17, 15) is 4.79 Å². The smallest absolute Gasteiger partial charge is 0.234 e. The fourth-order valence-corrected chi connectivity index (χ4v) is 1.70. The van der Waals surface area contributed by atoms with Gasteiger partial charge in [-0.25, -0.2) is 0 Å². The summed E-state index contributed by atoms with van der Waals surface area (Å²) in [5, 5.41) is 9.83. The van der Waals surface area contributed by atoms with Crippen LogP contribution in [-0.4, -0.2) is 32.7 Å². The molecule has 1 rings (SSSR count). The molecule has 0 saturated heterocycles. The van der Waals surface area contributed by atoms with Crippen molar-refractivity contribution < 1.29 is 9.53 Å². The molecule has 16 heavy (non-hydrogen) atoms. The van der Waals surface area contributed by atoms with E-state index in [0.717, 1.165) is 5.56 Å². The maximum atomic E-state index is 11.3. The lowest BCUT2D eigenvalue weighted by Crippen LogP contribution is -2.34. The first-order valence-corrected chi connectivity index (χ1v) is 5.74. The Morgan fingerprint density at radius 2 is 2.38 bits per heavy atom. The van der Waals surface area contributed by atoms with Crippen molar-refractivity contribution in [3.05, 3.63) is 22.4 Å². The molecule has 0 spiro atoms. The second kappa shape index (κ2) is 9.59. The van der Waals surface area contributed by atoms with Crippen LogP contribution in [0.3, 0.4) is 0 Å². The summed E-state index contributed by atoms with van der Waals surface area (Å²) in [5.41, 5.74) is 1.14. The van der Waals surface area contributed by atoms with Gasteiger partial charge < -0.3 is 15.4 Å². The highest BCUT2D eigenvalue weighted by atomic mass is 35.5. The average Bonchev–Trinajstić information content (AvgIpc) is 2.74. The normalized spacial score (nSPS) is 9.56. The molecular formula is C10H17ClN2O2S. The number of carbonyl (C=O) groups excluding carboxylic acids is 1. The van der Waals surface area contributed by atoms with Gasteiger partial charge in [-0.05, 0) is 22.4 Å². The number of amides is 1. The summed E-state index contributed by atoms with van der Waals surface area (Å²) in [4.78, 5) is 11.3. The monoisotopic (exact) mass is 264 g/mol. The van der Waals surface area contributed by atoms with Crippen LogP contribution in [0.4, 0.5) is 0 Å². The first-order chi connectivity index (χ1) is 7.33. The number of nitrogens with one attached hydrogen (secondary N) is 2. The summed E-state index contributed by atoms with van der Waals surface area (Å²) in [6.45, 7) is 2.27. The van der Waals surface area contributed by atoms with Gasteiger partial charge in [0, 0.05) is 20.2 Å². The molecule has 0 atom stereocenters. The SMILES string of the molecule is COCCNCC(=O)NCc1ccsc1.Cl. The molecule has 0 bridgehead atoms. The van der Waals surface area contributed by atoms with Crippen LogP contribution in [0, 0.1) is 0 Å². The Labute approximate surface area is 106 Å². The number of hydrogen-bond donors (Lipinski definition) is 2. The predicted molar refractivity (Wildman–Crippen MR) is 68.2 cm³/mol. The maximum Gasteiger partial charge on any atom is 0.234 e. The molecule has 0 aliphatic carbocycles. The first kappa shape index (κ1) is 15.4. The summed E-state index contributed by atoms with van der Waals surface area (Å²) in [6.07, 6.45) is 0. The summed E-state index contributed by atoms with van der Waals surface area (Å²) < 4.78 is 4.85. The molecule has 0 unspecified atom stereocenters. The molecule has 0 radical (unpaired) electrons. The van der Waals surface area contributed by atoms with Crippen LogP contribution >= 0.6 is 23.7 Å². The standard InChI is InChI=1S/C10H16N2O2S.ClH/c1-14-4-3-11-7-10(13)12-6-9-2-5-15-8-9;/h2,5,8,11H,3-4,6-7H2,1H3,(H,12,13);1H. The van der Waals surface area contributed by atoms with Crippen LogP contribution in [-0.2, 0) is 16.1 Å². The first-order valence-electron chi connectivity index (χ1n) is 4.80. The molecule has 6 heteroatoms. The summed E-state index contributed by atoms with van der Waals surface area (Å²) in [5.74, 6) is 0.0114. The fraction of sp³-hybridized carbons (Fsp3) is 0.500. The number of halogens is 1. The zero-order valence-electron chi connectivity index (χ0n) is 9.19. The molecule has 2 N–H and O–H groups in total. The van der Waals surface area contributed by atoms with Crippen molar-refractivity contribution in [2.45, 2.75) is 6.54 Å². The number of rotatable bonds is 7. The second-order valence-corrected chi connectivity index (χ2v) is 3.86. The van der Waals surface area contributed by atoms with Gasteiger partial charge in [0.1, 0.15) is 0 Å². The van der Waals surface area contributed by atoms with Crippen LogP contribution in [0.25, 0.3) is 0 Å². The number of thiophene rings is 1. The lowest BCUT2D eigenvalue weighted by molar-refractivity contribution is -0.120. The zero-order valence-corrected chi connectivity index (χ0v) is 10.8. The Bertz CT molecular complexity index is 280. The van der Waals surface area contributed by atoms with Crippen molar-refractivity contribution in [1.82, 2.24) is 10.6 Å². The van der Waals surface area contributed by atoms with E-state index in [0.29, 0.717) is 26.2 Å². The largest absolute Gasteiger partial charge is 0.383 e. The number of ether oxygens (including phenoxy) is 1. The summed E-state index contributed by atoms with van der Waals surface area (Å²) in [6, 6.07) is 2.00. The van der Waals surface area contributed by atoms with Crippen molar-refractivity contribution in [3.63, 3.8) is 0 Å². The van der Waals surface area contributed by atoms with E-state index in [1.165, 1.54) is 0 Å². The number of methoxy groups -OCH3 is 1. The maximum absolute atomic E-state index is 11.3. The van der Waals surface area contributed by atoms with Crippen LogP contribution < -0.4 is 10.6 Å². The Kier molecular flexibility index (Phi) is 9.22. The fourth-order valence-electron chi connectivity index (χ4n) is 1.03. The third-order valence-electron chi connectivity index (χ3n) is 1.84. The van der Waals surface area contributed by atoms with Gasteiger partial charge in [-0.3, -0.25) is 4.79 Å². The molecule has 1 aromatic heterocycles. The van der Waals surface area contributed by atoms with Crippen molar-refractivity contribution >= 4 is 29.7 Å². The van der Waals surface area contributed by atoms with Crippen molar-refractivity contribution in [2.75, 3.05) is 26.8 Å². The van der Waals surface area contributed by atoms with E-state index in [-0.39, 0.29) is 18.3 Å². The lowest BCUT2D eigenvalue weighted by Gasteiger charge is -2.05. The molecular weight excluding hydrogens is 248 g/mol. The van der Waals surface area contributed by atoms with Gasteiger partial charge in [-0.15, -0.1) is 12.4 Å². The quantitative estimate of drug-likeness (QED) is 0.723. The molecule has 0 aliphatic rings. The highest BCUT2D eigenvalue weighted by Gasteiger charge is 2.00. The third kappa shape index (κ3) is 6.79. The van der Waals surface area contributed by atoms with Gasteiger partial charge in [-0.2, -0.15) is 11.3 Å². The minimum Gasteiger partial charge on any atom is -0.383 e. The molecule has 0 fully saturated rings. The highest BCUT2D eigenvalue weighted by molar-refractivity contribution is 7.07. The number of hydrogen-bond acceptors (Lipinski definition) is 4. The highest BCUT2D eigenvalue weighted by Crippen LogP contribution is 2.04. The van der Waals surface area contributed by atoms with Gasteiger partial charge >= 0.3 is 0 Å². The molecule has 92 valence electrons. The van der Waals surface area contributed by atoms with Gasteiger partial charge in [0.25, 0.3) is 0 Å². The van der Waals surface area contributed by atoms with Gasteiger partial charge in [0.2, 0.25) is 5.91 Å². The second-order valence-electron chi connectivity index (χ2n) is 3.08. The topological polar surface area (TPSA) is 50.4 Å². The van der Waals surface area contributed by atoms with Crippen molar-refractivity contribution in [1.29, 1.82) is 0 Å². The van der Waals surface area contributed by atoms with E-state index in [2.05, 4.69) is 10.6 Å². The lowest BCUT2D eigenvalue weighted by atomic mass is 10.3. The molecule has 0 saturated carbocycles. The van der Waals surface area contributed by atoms with E-state index >= 15 is 0 Å². The van der Waals surface area contributed by atoms with Crippen LogP contribution in [0.15, 0.2) is 16.8 Å². The minimum absolute atomic E-state index is 0. The van der Waals surface area contributed by atoms with Crippen LogP contribution in [0.2, 0.25) is 0 Å². The Morgan fingerprint density at radius 3 is 3.00 bits per heavy atom. The summed E-state index contributed by atoms with van der Waals surface area (Å²) in [7, 11) is 1.64. The summed E-state index contributed by atoms with van der Waals surface area (Å²) >= 11 is 1.63. The molecule has 1 aromatic rings. The third-order valence-corrected chi connectivity index (χ3v) is 2.57. The van der Waals surface area contributed by atoms with Crippen LogP contribution in [0.1, 0.15) is 5.56 Å². The number of carbonyl (C=O) groups is 1. The molecule has 0 aliphatic heterocycles. The molecule has 1 heterocycles. The van der Waals surface area contributed by atoms with E-state index in [1.807, 2.05) is 16.8 Å². The Balaban J connectivity index is 0.00000225. The van der Waals surface area contributed by atoms with Gasteiger partial charge in [-0.1, -0.05) is 0 Å². The average molecular weight is 265 g/mol. The van der Waals surface area contributed by atoms with Gasteiger partial charge in [0.05, 0.1) is 13.2 Å². The Morgan fingerprint density at radius 1 is 1.56 bits per heavy atom.